The molecule has 1 aromatic carbocycles. The lowest BCUT2D eigenvalue weighted by atomic mass is 10.1. The van der Waals surface area contributed by atoms with Crippen LogP contribution in [0.2, 0.25) is 5.02 Å². The van der Waals surface area contributed by atoms with Crippen molar-refractivity contribution in [1.29, 1.82) is 0 Å². The molecular weight excluding hydrogens is 252 g/mol. The highest BCUT2D eigenvalue weighted by Gasteiger charge is 2.33. The van der Waals surface area contributed by atoms with Gasteiger partial charge in [0.15, 0.2) is 0 Å². The van der Waals surface area contributed by atoms with E-state index >= 15 is 0 Å². The van der Waals surface area contributed by atoms with Gasteiger partial charge in [0, 0.05) is 19.7 Å². The summed E-state index contributed by atoms with van der Waals surface area (Å²) in [5.74, 6) is 0.00546. The van der Waals surface area contributed by atoms with Crippen molar-refractivity contribution in [2.75, 3.05) is 31.6 Å². The molecule has 0 aromatic heterocycles. The molecule has 1 aliphatic rings. The molecule has 1 saturated heterocycles. The van der Waals surface area contributed by atoms with Crippen LogP contribution >= 0.6 is 11.6 Å². The van der Waals surface area contributed by atoms with E-state index in [2.05, 4.69) is 0 Å². The number of amides is 1. The van der Waals surface area contributed by atoms with E-state index in [4.69, 9.17) is 16.7 Å². The zero-order valence-corrected chi connectivity index (χ0v) is 11.1. The van der Waals surface area contributed by atoms with Crippen LogP contribution in [0.5, 0.6) is 0 Å². The van der Waals surface area contributed by atoms with Gasteiger partial charge in [-0.05, 0) is 25.6 Å². The second kappa shape index (κ2) is 5.69. The molecule has 0 saturated carbocycles. The molecule has 0 aliphatic carbocycles. The maximum absolute atomic E-state index is 12.4. The summed E-state index contributed by atoms with van der Waals surface area (Å²) in [7, 11) is 1.90. The molecule has 0 spiro atoms. The first-order chi connectivity index (χ1) is 8.65. The zero-order chi connectivity index (χ0) is 13.1. The lowest BCUT2D eigenvalue weighted by molar-refractivity contribution is -0.125. The monoisotopic (exact) mass is 268 g/mol. The minimum Gasteiger partial charge on any atom is -0.396 e. The standard InChI is InChI=1S/C13H17ClN2O2/c1-15-7-8-16(13(18)12(15)6-9-17)11-5-3-2-4-10(11)14/h2-5,12,17H,6-9H2,1H3. The summed E-state index contributed by atoms with van der Waals surface area (Å²) in [6.45, 7) is 1.42. The van der Waals surface area contributed by atoms with Crippen LogP contribution in [0.4, 0.5) is 5.69 Å². The summed E-state index contributed by atoms with van der Waals surface area (Å²) in [5.41, 5.74) is 0.750. The van der Waals surface area contributed by atoms with Gasteiger partial charge in [-0.1, -0.05) is 23.7 Å². The molecular formula is C13H17ClN2O2. The Morgan fingerprint density at radius 1 is 1.39 bits per heavy atom. The number of likely N-dealkylation sites (N-methyl/N-ethyl adjacent to an activating group) is 1. The fourth-order valence-corrected chi connectivity index (χ4v) is 2.51. The number of halogens is 1. The van der Waals surface area contributed by atoms with Gasteiger partial charge in [-0.15, -0.1) is 0 Å². The van der Waals surface area contributed by atoms with E-state index in [1.165, 1.54) is 0 Å². The van der Waals surface area contributed by atoms with Crippen molar-refractivity contribution >= 4 is 23.2 Å². The summed E-state index contributed by atoms with van der Waals surface area (Å²) in [6.07, 6.45) is 0.455. The number of para-hydroxylation sites is 1. The van der Waals surface area contributed by atoms with Gasteiger partial charge in [-0.2, -0.15) is 0 Å². The molecule has 5 heteroatoms. The maximum atomic E-state index is 12.4. The minimum atomic E-state index is -0.264. The van der Waals surface area contributed by atoms with E-state index in [9.17, 15) is 4.79 Å². The first-order valence-corrected chi connectivity index (χ1v) is 6.40. The average Bonchev–Trinajstić information content (AvgIpc) is 2.36. The van der Waals surface area contributed by atoms with Crippen LogP contribution in [0.1, 0.15) is 6.42 Å². The second-order valence-corrected chi connectivity index (χ2v) is 4.86. The van der Waals surface area contributed by atoms with E-state index in [1.54, 1.807) is 11.0 Å². The molecule has 1 amide bonds. The van der Waals surface area contributed by atoms with Crippen LogP contribution in [0.25, 0.3) is 0 Å². The van der Waals surface area contributed by atoms with Gasteiger partial charge in [0.1, 0.15) is 0 Å². The van der Waals surface area contributed by atoms with Crippen molar-refractivity contribution < 1.29 is 9.90 Å². The van der Waals surface area contributed by atoms with Gasteiger partial charge in [-0.3, -0.25) is 9.69 Å². The third-order valence-corrected chi connectivity index (χ3v) is 3.62. The second-order valence-electron chi connectivity index (χ2n) is 4.45. The van der Waals surface area contributed by atoms with Crippen LogP contribution in [0.15, 0.2) is 24.3 Å². The zero-order valence-electron chi connectivity index (χ0n) is 10.3. The van der Waals surface area contributed by atoms with Crippen molar-refractivity contribution in [3.8, 4) is 0 Å². The van der Waals surface area contributed by atoms with Gasteiger partial charge >= 0.3 is 0 Å². The number of anilines is 1. The van der Waals surface area contributed by atoms with Gasteiger partial charge < -0.3 is 10.0 Å². The Labute approximate surface area is 112 Å². The Balaban J connectivity index is 2.25. The normalized spacial score (nSPS) is 21.4. The summed E-state index contributed by atoms with van der Waals surface area (Å²) in [6, 6.07) is 7.08. The maximum Gasteiger partial charge on any atom is 0.244 e. The largest absolute Gasteiger partial charge is 0.396 e. The number of piperazine rings is 1. The molecule has 0 bridgehead atoms. The van der Waals surface area contributed by atoms with E-state index in [-0.39, 0.29) is 18.6 Å². The third-order valence-electron chi connectivity index (χ3n) is 3.31. The highest BCUT2D eigenvalue weighted by atomic mass is 35.5. The number of carbonyl (C=O) groups is 1. The van der Waals surface area contributed by atoms with Gasteiger partial charge in [0.05, 0.1) is 16.8 Å². The number of hydrogen-bond acceptors (Lipinski definition) is 3. The molecule has 1 N–H and O–H groups in total. The number of carbonyl (C=O) groups excluding carboxylic acids is 1. The quantitative estimate of drug-likeness (QED) is 0.901. The fraction of sp³-hybridized carbons (Fsp3) is 0.462. The fourth-order valence-electron chi connectivity index (χ4n) is 2.27. The lowest BCUT2D eigenvalue weighted by Crippen LogP contribution is -2.56. The van der Waals surface area contributed by atoms with Crippen LogP contribution in [-0.4, -0.2) is 48.7 Å². The summed E-state index contributed by atoms with van der Waals surface area (Å²) < 4.78 is 0. The van der Waals surface area contributed by atoms with Crippen molar-refractivity contribution in [3.63, 3.8) is 0 Å². The average molecular weight is 269 g/mol. The number of rotatable bonds is 3. The molecule has 2 rings (SSSR count). The summed E-state index contributed by atoms with van der Waals surface area (Å²) >= 11 is 6.13. The van der Waals surface area contributed by atoms with Crippen LogP contribution in [0, 0.1) is 0 Å². The minimum absolute atomic E-state index is 0.00546. The highest BCUT2D eigenvalue weighted by Crippen LogP contribution is 2.28. The highest BCUT2D eigenvalue weighted by molar-refractivity contribution is 6.33. The predicted molar refractivity (Wildman–Crippen MR) is 71.9 cm³/mol. The first kappa shape index (κ1) is 13.3. The lowest BCUT2D eigenvalue weighted by Gasteiger charge is -2.38. The van der Waals surface area contributed by atoms with E-state index in [0.29, 0.717) is 18.0 Å². The smallest absolute Gasteiger partial charge is 0.244 e. The Kier molecular flexibility index (Phi) is 4.22. The predicted octanol–water partition coefficient (Wildman–Crippen LogP) is 1.37. The molecule has 98 valence electrons. The van der Waals surface area contributed by atoms with Crippen LogP contribution < -0.4 is 4.90 Å². The summed E-state index contributed by atoms with van der Waals surface area (Å²) in [5, 5.41) is 9.62. The Bertz CT molecular complexity index is 439. The number of nitrogens with zero attached hydrogens (tertiary/aromatic N) is 2. The third kappa shape index (κ3) is 2.51. The van der Waals surface area contributed by atoms with Gasteiger partial charge in [0.25, 0.3) is 0 Å². The molecule has 18 heavy (non-hydrogen) atoms. The van der Waals surface area contributed by atoms with Crippen molar-refractivity contribution in [3.05, 3.63) is 29.3 Å². The molecule has 1 heterocycles. The molecule has 1 atom stereocenters. The molecule has 1 aliphatic heterocycles. The Morgan fingerprint density at radius 2 is 2.11 bits per heavy atom. The van der Waals surface area contributed by atoms with Crippen molar-refractivity contribution in [2.45, 2.75) is 12.5 Å². The molecule has 1 unspecified atom stereocenters. The van der Waals surface area contributed by atoms with Crippen molar-refractivity contribution in [1.82, 2.24) is 4.90 Å². The summed E-state index contributed by atoms with van der Waals surface area (Å²) in [4.78, 5) is 16.1. The van der Waals surface area contributed by atoms with Crippen LogP contribution in [-0.2, 0) is 4.79 Å². The topological polar surface area (TPSA) is 43.8 Å². The van der Waals surface area contributed by atoms with Gasteiger partial charge in [0.2, 0.25) is 5.91 Å². The SMILES string of the molecule is CN1CCN(c2ccccc2Cl)C(=O)C1CCO. The molecule has 4 nitrogen and oxygen atoms in total. The molecule has 1 aromatic rings. The number of aliphatic hydroxyl groups excluding tert-OH is 1. The Hall–Kier alpha value is -1.10. The van der Waals surface area contributed by atoms with E-state index in [0.717, 1.165) is 12.2 Å². The van der Waals surface area contributed by atoms with E-state index < -0.39 is 0 Å². The van der Waals surface area contributed by atoms with Crippen molar-refractivity contribution in [2.24, 2.45) is 0 Å². The van der Waals surface area contributed by atoms with E-state index in [1.807, 2.05) is 30.1 Å². The van der Waals surface area contributed by atoms with Gasteiger partial charge in [-0.25, -0.2) is 0 Å². The van der Waals surface area contributed by atoms with Crippen LogP contribution in [0.3, 0.4) is 0 Å². The number of aliphatic hydroxyl groups is 1. The molecule has 0 radical (unpaired) electrons. The first-order valence-electron chi connectivity index (χ1n) is 6.02. The number of benzene rings is 1. The molecule has 1 fully saturated rings. The Morgan fingerprint density at radius 3 is 2.78 bits per heavy atom. The number of hydrogen-bond donors (Lipinski definition) is 1.